The number of carbonyl (C=O) groups is 1. The minimum Gasteiger partial charge on any atom is -0.457 e. The first-order valence-electron chi connectivity index (χ1n) is 19.6. The van der Waals surface area contributed by atoms with Crippen molar-refractivity contribution >= 4 is 5.97 Å². The van der Waals surface area contributed by atoms with Crippen LogP contribution in [0.2, 0.25) is 0 Å². The second-order valence-electron chi connectivity index (χ2n) is 13.4. The van der Waals surface area contributed by atoms with Gasteiger partial charge < -0.3 is 39.4 Å². The molecule has 0 radical (unpaired) electrons. The molecule has 0 aliphatic carbocycles. The fourth-order valence-corrected chi connectivity index (χ4v) is 5.74. The largest absolute Gasteiger partial charge is 0.457 e. The van der Waals surface area contributed by atoms with E-state index in [-0.39, 0.29) is 19.2 Å². The van der Waals surface area contributed by atoms with Gasteiger partial charge in [-0.3, -0.25) is 4.79 Å². The molecule has 9 nitrogen and oxygen atoms in total. The molecule has 1 heterocycles. The fraction of sp³-hybridized carbons (Fsp3) is 0.825. The zero-order chi connectivity index (χ0) is 35.8. The van der Waals surface area contributed by atoms with Gasteiger partial charge in [0.15, 0.2) is 6.29 Å². The minimum atomic E-state index is -1.54. The zero-order valence-corrected chi connectivity index (χ0v) is 30.9. The maximum absolute atomic E-state index is 12.7. The normalized spacial score (nSPS) is 22.1. The summed E-state index contributed by atoms with van der Waals surface area (Å²) in [7, 11) is 0. The van der Waals surface area contributed by atoms with Crippen molar-refractivity contribution in [1.29, 1.82) is 0 Å². The van der Waals surface area contributed by atoms with Crippen molar-refractivity contribution in [2.24, 2.45) is 0 Å². The van der Waals surface area contributed by atoms with Crippen molar-refractivity contribution < 1.29 is 44.2 Å². The summed E-state index contributed by atoms with van der Waals surface area (Å²) in [6.07, 6.45) is 28.8. The highest BCUT2D eigenvalue weighted by molar-refractivity contribution is 5.69. The molecule has 0 spiro atoms. The van der Waals surface area contributed by atoms with Gasteiger partial charge in [0.05, 0.1) is 19.8 Å². The molecule has 0 aromatic carbocycles. The lowest BCUT2D eigenvalue weighted by molar-refractivity contribution is -0.305. The molecule has 1 fully saturated rings. The fourth-order valence-electron chi connectivity index (χ4n) is 5.74. The predicted molar refractivity (Wildman–Crippen MR) is 196 cm³/mol. The Morgan fingerprint density at radius 3 is 1.88 bits per heavy atom. The Hall–Kier alpha value is -1.59. The molecule has 4 N–H and O–H groups in total. The Labute approximate surface area is 298 Å². The quantitative estimate of drug-likeness (QED) is 0.0318. The van der Waals surface area contributed by atoms with Crippen molar-refractivity contribution in [2.45, 2.75) is 185 Å². The van der Waals surface area contributed by atoms with Crippen LogP contribution in [0.1, 0.15) is 149 Å². The van der Waals surface area contributed by atoms with E-state index in [1.54, 1.807) is 0 Å². The van der Waals surface area contributed by atoms with Crippen LogP contribution in [-0.4, -0.2) is 89.6 Å². The summed E-state index contributed by atoms with van der Waals surface area (Å²) in [5.74, 6) is -0.332. The molecule has 1 saturated heterocycles. The molecule has 1 rings (SSSR count). The molecule has 0 aromatic heterocycles. The Bertz CT molecular complexity index is 844. The van der Waals surface area contributed by atoms with Crippen molar-refractivity contribution in [1.82, 2.24) is 0 Å². The first-order valence-corrected chi connectivity index (χ1v) is 19.6. The Morgan fingerprint density at radius 1 is 0.673 bits per heavy atom. The molecule has 0 bridgehead atoms. The van der Waals surface area contributed by atoms with Crippen LogP contribution in [0.15, 0.2) is 36.5 Å². The molecule has 0 amide bonds. The molecular formula is C40H72O9. The molecule has 9 heteroatoms. The van der Waals surface area contributed by atoms with Gasteiger partial charge in [0.1, 0.15) is 30.5 Å². The maximum atomic E-state index is 12.7. The molecule has 6 atom stereocenters. The van der Waals surface area contributed by atoms with Crippen molar-refractivity contribution in [3.8, 4) is 0 Å². The second-order valence-corrected chi connectivity index (χ2v) is 13.4. The molecular weight excluding hydrogens is 624 g/mol. The molecule has 6 unspecified atom stereocenters. The number of aliphatic hydroxyl groups is 4. The standard InChI is InChI=1S/C40H72O9/c1-3-5-7-9-11-13-15-16-17-18-19-21-23-25-27-29-36(42)48-34(33-47-40-39(45)38(44)37(43)35(31-41)49-40)32-46-30-28-26-24-22-20-14-12-10-8-6-4-2/h5,7,11,13,16-17,34-35,37-41,43-45H,3-4,6,8-10,12,14-15,18-33H2,1-2H3/b7-5-,13-11-,17-16-. The third-order valence-electron chi connectivity index (χ3n) is 8.82. The molecule has 49 heavy (non-hydrogen) atoms. The minimum absolute atomic E-state index is 0.119. The van der Waals surface area contributed by atoms with Gasteiger partial charge >= 0.3 is 5.97 Å². The predicted octanol–water partition coefficient (Wildman–Crippen LogP) is 7.63. The average molecular weight is 697 g/mol. The average Bonchev–Trinajstić information content (AvgIpc) is 3.10. The molecule has 1 aliphatic heterocycles. The molecule has 0 aromatic rings. The van der Waals surface area contributed by atoms with Gasteiger partial charge in [-0.05, 0) is 44.9 Å². The van der Waals surface area contributed by atoms with Crippen LogP contribution in [0.4, 0.5) is 0 Å². The first kappa shape index (κ1) is 45.4. The summed E-state index contributed by atoms with van der Waals surface area (Å²) >= 11 is 0. The monoisotopic (exact) mass is 697 g/mol. The van der Waals surface area contributed by atoms with Crippen LogP contribution in [0.25, 0.3) is 0 Å². The van der Waals surface area contributed by atoms with Gasteiger partial charge in [-0.25, -0.2) is 0 Å². The second kappa shape index (κ2) is 32.3. The SMILES string of the molecule is CC/C=C\C/C=C\C/C=C\CCCCCCCC(=O)OC(COCCCCCCCCCCCCC)COC1OC(CO)C(O)C(O)C1O. The van der Waals surface area contributed by atoms with Gasteiger partial charge in [-0.15, -0.1) is 0 Å². The Kier molecular flexibility index (Phi) is 30.0. The lowest BCUT2D eigenvalue weighted by atomic mass is 9.99. The van der Waals surface area contributed by atoms with Gasteiger partial charge in [0.25, 0.3) is 0 Å². The van der Waals surface area contributed by atoms with Crippen molar-refractivity contribution in [2.75, 3.05) is 26.4 Å². The van der Waals surface area contributed by atoms with E-state index in [1.807, 2.05) is 0 Å². The summed E-state index contributed by atoms with van der Waals surface area (Å²) in [6.45, 7) is 4.41. The summed E-state index contributed by atoms with van der Waals surface area (Å²) in [5.41, 5.74) is 0. The van der Waals surface area contributed by atoms with Gasteiger partial charge in [0, 0.05) is 13.0 Å². The Balaban J connectivity index is 2.34. The van der Waals surface area contributed by atoms with Crippen LogP contribution in [0.5, 0.6) is 0 Å². The van der Waals surface area contributed by atoms with Crippen LogP contribution >= 0.6 is 0 Å². The summed E-state index contributed by atoms with van der Waals surface area (Å²) in [5, 5.41) is 39.9. The van der Waals surface area contributed by atoms with E-state index in [0.29, 0.717) is 13.0 Å². The Morgan fingerprint density at radius 2 is 1.24 bits per heavy atom. The smallest absolute Gasteiger partial charge is 0.306 e. The number of hydrogen-bond donors (Lipinski definition) is 4. The lowest BCUT2D eigenvalue weighted by Crippen LogP contribution is -2.59. The number of hydrogen-bond acceptors (Lipinski definition) is 9. The maximum Gasteiger partial charge on any atom is 0.306 e. The van der Waals surface area contributed by atoms with E-state index in [1.165, 1.54) is 57.8 Å². The number of esters is 1. The van der Waals surface area contributed by atoms with Crippen molar-refractivity contribution in [3.63, 3.8) is 0 Å². The van der Waals surface area contributed by atoms with Gasteiger partial charge in [0.2, 0.25) is 0 Å². The highest BCUT2D eigenvalue weighted by Gasteiger charge is 2.44. The highest BCUT2D eigenvalue weighted by Crippen LogP contribution is 2.22. The number of unbranched alkanes of at least 4 members (excludes halogenated alkanes) is 15. The topological polar surface area (TPSA) is 135 Å². The number of rotatable bonds is 32. The molecule has 0 saturated carbocycles. The van der Waals surface area contributed by atoms with Crippen LogP contribution in [0.3, 0.4) is 0 Å². The number of allylic oxidation sites excluding steroid dienone is 6. The third-order valence-corrected chi connectivity index (χ3v) is 8.82. The number of aliphatic hydroxyl groups excluding tert-OH is 4. The summed E-state index contributed by atoms with van der Waals surface area (Å²) < 4.78 is 22.7. The first-order chi connectivity index (χ1) is 23.9. The highest BCUT2D eigenvalue weighted by atomic mass is 16.7. The number of carbonyl (C=O) groups excluding carboxylic acids is 1. The van der Waals surface area contributed by atoms with E-state index < -0.39 is 43.4 Å². The van der Waals surface area contributed by atoms with E-state index in [0.717, 1.165) is 70.6 Å². The van der Waals surface area contributed by atoms with E-state index in [2.05, 4.69) is 50.3 Å². The van der Waals surface area contributed by atoms with Gasteiger partial charge in [-0.2, -0.15) is 0 Å². The van der Waals surface area contributed by atoms with E-state index in [9.17, 15) is 25.2 Å². The van der Waals surface area contributed by atoms with Crippen LogP contribution < -0.4 is 0 Å². The molecule has 1 aliphatic rings. The van der Waals surface area contributed by atoms with Crippen molar-refractivity contribution in [3.05, 3.63) is 36.5 Å². The summed E-state index contributed by atoms with van der Waals surface area (Å²) in [4.78, 5) is 12.7. The number of ether oxygens (including phenoxy) is 4. The van der Waals surface area contributed by atoms with Gasteiger partial charge in [-0.1, -0.05) is 134 Å². The van der Waals surface area contributed by atoms with Crippen LogP contribution in [-0.2, 0) is 23.7 Å². The van der Waals surface area contributed by atoms with Crippen LogP contribution in [0, 0.1) is 0 Å². The molecule has 286 valence electrons. The van der Waals surface area contributed by atoms with E-state index in [4.69, 9.17) is 18.9 Å². The third kappa shape index (κ3) is 24.3. The lowest BCUT2D eigenvalue weighted by Gasteiger charge is -2.39. The zero-order valence-electron chi connectivity index (χ0n) is 30.9. The summed E-state index contributed by atoms with van der Waals surface area (Å²) in [6, 6.07) is 0. The van der Waals surface area contributed by atoms with E-state index >= 15 is 0 Å².